The maximum atomic E-state index is 12.3. The van der Waals surface area contributed by atoms with Gasteiger partial charge >= 0.3 is 0 Å². The first-order valence-electron chi connectivity index (χ1n) is 7.54. The lowest BCUT2D eigenvalue weighted by atomic mass is 10.2. The molecule has 124 valence electrons. The molecule has 7 nitrogen and oxygen atoms in total. The lowest BCUT2D eigenvalue weighted by Gasteiger charge is -2.10. The fourth-order valence-electron chi connectivity index (χ4n) is 2.29. The van der Waals surface area contributed by atoms with Crippen LogP contribution in [0.5, 0.6) is 0 Å². The standard InChI is InChI=1S/C17H18N4O3/c22-10-13(23)9-18-12-6-7-15-14(8-12)16(21-20-15)19-17(24)11-4-2-1-3-5-11/h1-8,13,18,22-23H,9-10H2,(H2,19,20,21,24). The van der Waals surface area contributed by atoms with E-state index < -0.39 is 6.10 Å². The average Bonchev–Trinajstić information content (AvgIpc) is 3.02. The molecule has 0 spiro atoms. The molecule has 0 aliphatic carbocycles. The van der Waals surface area contributed by atoms with E-state index >= 15 is 0 Å². The van der Waals surface area contributed by atoms with Crippen LogP contribution in [0.25, 0.3) is 10.9 Å². The molecule has 0 saturated carbocycles. The third-order valence-corrected chi connectivity index (χ3v) is 3.58. The molecule has 0 aliphatic heterocycles. The Morgan fingerprint density at radius 1 is 1.21 bits per heavy atom. The molecule has 2 aromatic carbocycles. The number of anilines is 2. The summed E-state index contributed by atoms with van der Waals surface area (Å²) in [7, 11) is 0. The average molecular weight is 326 g/mol. The van der Waals surface area contributed by atoms with Crippen molar-refractivity contribution in [2.24, 2.45) is 0 Å². The number of carbonyl (C=O) groups excluding carboxylic acids is 1. The first kappa shape index (κ1) is 16.0. The fraction of sp³-hybridized carbons (Fsp3) is 0.176. The molecule has 7 heteroatoms. The van der Waals surface area contributed by atoms with Gasteiger partial charge in [-0.3, -0.25) is 9.89 Å². The summed E-state index contributed by atoms with van der Waals surface area (Å²) in [5.74, 6) is 0.197. The second-order valence-corrected chi connectivity index (χ2v) is 5.37. The Bertz CT molecular complexity index is 832. The zero-order valence-electron chi connectivity index (χ0n) is 12.9. The van der Waals surface area contributed by atoms with E-state index in [0.29, 0.717) is 11.4 Å². The normalized spacial score (nSPS) is 12.1. The van der Waals surface area contributed by atoms with Crippen molar-refractivity contribution in [3.05, 3.63) is 54.1 Å². The SMILES string of the molecule is O=C(Nc1n[nH]c2ccc(NCC(O)CO)cc12)c1ccccc1. The molecule has 0 radical (unpaired) electrons. The van der Waals surface area contributed by atoms with Gasteiger partial charge in [0, 0.05) is 23.2 Å². The second kappa shape index (κ2) is 7.12. The summed E-state index contributed by atoms with van der Waals surface area (Å²) in [6, 6.07) is 14.4. The minimum atomic E-state index is -0.831. The minimum absolute atomic E-state index is 0.228. The number of hydrogen-bond acceptors (Lipinski definition) is 5. The van der Waals surface area contributed by atoms with Crippen LogP contribution in [0.4, 0.5) is 11.5 Å². The topological polar surface area (TPSA) is 110 Å². The number of aromatic amines is 1. The molecule has 0 bridgehead atoms. The van der Waals surface area contributed by atoms with Crippen LogP contribution >= 0.6 is 0 Å². The van der Waals surface area contributed by atoms with Crippen LogP contribution in [0.15, 0.2) is 48.5 Å². The summed E-state index contributed by atoms with van der Waals surface area (Å²) in [4.78, 5) is 12.3. The number of hydrogen-bond donors (Lipinski definition) is 5. The monoisotopic (exact) mass is 326 g/mol. The van der Waals surface area contributed by atoms with E-state index in [-0.39, 0.29) is 19.1 Å². The van der Waals surface area contributed by atoms with Crippen LogP contribution in [0.3, 0.4) is 0 Å². The van der Waals surface area contributed by atoms with Gasteiger partial charge in [0.2, 0.25) is 0 Å². The Morgan fingerprint density at radius 3 is 2.75 bits per heavy atom. The summed E-state index contributed by atoms with van der Waals surface area (Å²) in [6.45, 7) is -0.0785. The molecule has 5 N–H and O–H groups in total. The highest BCUT2D eigenvalue weighted by molar-refractivity contribution is 6.08. The third kappa shape index (κ3) is 3.53. The van der Waals surface area contributed by atoms with Crippen molar-refractivity contribution < 1.29 is 15.0 Å². The maximum absolute atomic E-state index is 12.3. The predicted octanol–water partition coefficient (Wildman–Crippen LogP) is 1.58. The molecule has 0 fully saturated rings. The number of benzene rings is 2. The number of aliphatic hydroxyl groups is 2. The van der Waals surface area contributed by atoms with Crippen LogP contribution in [0, 0.1) is 0 Å². The van der Waals surface area contributed by atoms with Crippen LogP contribution in [0.1, 0.15) is 10.4 Å². The zero-order valence-corrected chi connectivity index (χ0v) is 12.9. The molecular formula is C17H18N4O3. The zero-order chi connectivity index (χ0) is 16.9. The summed E-state index contributed by atoms with van der Waals surface area (Å²) in [6.07, 6.45) is -0.831. The summed E-state index contributed by atoms with van der Waals surface area (Å²) < 4.78 is 0. The summed E-state index contributed by atoms with van der Waals surface area (Å²) in [5.41, 5.74) is 2.09. The Balaban J connectivity index is 1.79. The third-order valence-electron chi connectivity index (χ3n) is 3.58. The van der Waals surface area contributed by atoms with Gasteiger partial charge in [0.1, 0.15) is 0 Å². The van der Waals surface area contributed by atoms with Crippen LogP contribution in [-0.2, 0) is 0 Å². The Kier molecular flexibility index (Phi) is 4.74. The van der Waals surface area contributed by atoms with Crippen LogP contribution < -0.4 is 10.6 Å². The number of carbonyl (C=O) groups is 1. The van der Waals surface area contributed by atoms with E-state index in [1.807, 2.05) is 24.3 Å². The highest BCUT2D eigenvalue weighted by atomic mass is 16.3. The van der Waals surface area contributed by atoms with E-state index in [9.17, 15) is 9.90 Å². The van der Waals surface area contributed by atoms with Gasteiger partial charge in [0.25, 0.3) is 5.91 Å². The highest BCUT2D eigenvalue weighted by Gasteiger charge is 2.11. The van der Waals surface area contributed by atoms with E-state index in [1.54, 1.807) is 24.3 Å². The molecular weight excluding hydrogens is 308 g/mol. The molecule has 3 rings (SSSR count). The maximum Gasteiger partial charge on any atom is 0.256 e. The van der Waals surface area contributed by atoms with Gasteiger partial charge in [-0.05, 0) is 30.3 Å². The number of rotatable bonds is 6. The van der Waals surface area contributed by atoms with Crippen molar-refractivity contribution in [2.75, 3.05) is 23.8 Å². The van der Waals surface area contributed by atoms with Crippen LogP contribution in [-0.4, -0.2) is 45.6 Å². The summed E-state index contributed by atoms with van der Waals surface area (Å²) in [5, 5.41) is 31.8. The fourth-order valence-corrected chi connectivity index (χ4v) is 2.29. The molecule has 0 aliphatic rings. The van der Waals surface area contributed by atoms with Crippen LogP contribution in [0.2, 0.25) is 0 Å². The molecule has 1 heterocycles. The van der Waals surface area contributed by atoms with E-state index in [1.165, 1.54) is 0 Å². The molecule has 1 atom stereocenters. The number of amides is 1. The first-order valence-corrected chi connectivity index (χ1v) is 7.54. The number of H-pyrrole nitrogens is 1. The number of nitrogens with zero attached hydrogens (tertiary/aromatic N) is 1. The van der Waals surface area contributed by atoms with Crippen molar-refractivity contribution >= 4 is 28.3 Å². The van der Waals surface area contributed by atoms with Gasteiger partial charge in [0.05, 0.1) is 18.2 Å². The van der Waals surface area contributed by atoms with Crippen molar-refractivity contribution in [1.29, 1.82) is 0 Å². The number of aliphatic hydroxyl groups excluding tert-OH is 2. The van der Waals surface area contributed by atoms with Crippen molar-refractivity contribution in [1.82, 2.24) is 10.2 Å². The van der Waals surface area contributed by atoms with Crippen molar-refractivity contribution in [2.45, 2.75) is 6.10 Å². The van der Waals surface area contributed by atoms with E-state index in [0.717, 1.165) is 16.6 Å². The van der Waals surface area contributed by atoms with Gasteiger partial charge in [0.15, 0.2) is 5.82 Å². The Hall–Kier alpha value is -2.90. The van der Waals surface area contributed by atoms with E-state index in [2.05, 4.69) is 20.8 Å². The molecule has 0 saturated heterocycles. The molecule has 3 aromatic rings. The number of fused-ring (bicyclic) bond motifs is 1. The van der Waals surface area contributed by atoms with Crippen molar-refractivity contribution in [3.63, 3.8) is 0 Å². The molecule has 1 unspecified atom stereocenters. The lowest BCUT2D eigenvalue weighted by molar-refractivity contribution is 0.102. The summed E-state index contributed by atoms with van der Waals surface area (Å²) >= 11 is 0. The van der Waals surface area contributed by atoms with Gasteiger partial charge in [-0.1, -0.05) is 18.2 Å². The lowest BCUT2D eigenvalue weighted by Crippen LogP contribution is -2.22. The Labute approximate surface area is 138 Å². The van der Waals surface area contributed by atoms with Gasteiger partial charge in [-0.2, -0.15) is 5.10 Å². The smallest absolute Gasteiger partial charge is 0.256 e. The quantitative estimate of drug-likeness (QED) is 0.472. The predicted molar refractivity (Wildman–Crippen MR) is 92.1 cm³/mol. The largest absolute Gasteiger partial charge is 0.394 e. The van der Waals surface area contributed by atoms with Crippen molar-refractivity contribution in [3.8, 4) is 0 Å². The van der Waals surface area contributed by atoms with E-state index in [4.69, 9.17) is 5.11 Å². The molecule has 24 heavy (non-hydrogen) atoms. The van der Waals surface area contributed by atoms with Gasteiger partial charge in [-0.15, -0.1) is 0 Å². The molecule has 1 amide bonds. The number of aromatic nitrogens is 2. The second-order valence-electron chi connectivity index (χ2n) is 5.37. The van der Waals surface area contributed by atoms with Gasteiger partial charge < -0.3 is 20.8 Å². The van der Waals surface area contributed by atoms with Gasteiger partial charge in [-0.25, -0.2) is 0 Å². The first-order chi connectivity index (χ1) is 11.7. The minimum Gasteiger partial charge on any atom is -0.394 e. The number of nitrogens with one attached hydrogen (secondary N) is 3. The highest BCUT2D eigenvalue weighted by Crippen LogP contribution is 2.24. The Morgan fingerprint density at radius 2 is 2.00 bits per heavy atom. The molecule has 1 aromatic heterocycles.